The van der Waals surface area contributed by atoms with Crippen molar-refractivity contribution in [2.24, 2.45) is 0 Å². The predicted molar refractivity (Wildman–Crippen MR) is 113 cm³/mol. The molecule has 4 rings (SSSR count). The van der Waals surface area contributed by atoms with E-state index in [1.165, 1.54) is 90.6 Å². The molecular formula is C21H44N4O2. The Hall–Kier alpha value is -0.850. The Morgan fingerprint density at radius 2 is 0.889 bits per heavy atom. The second-order valence-electron chi connectivity index (χ2n) is 8.27. The second kappa shape index (κ2) is 15.1. The van der Waals surface area contributed by atoms with Crippen LogP contribution in [0, 0.1) is 0 Å². The number of amides is 1. The molecule has 1 amide bonds. The van der Waals surface area contributed by atoms with Gasteiger partial charge in [-0.05, 0) is 98.9 Å². The van der Waals surface area contributed by atoms with Crippen LogP contribution in [0.2, 0.25) is 0 Å². The fourth-order valence-electron chi connectivity index (χ4n) is 3.45. The minimum atomic E-state index is -0.208. The van der Waals surface area contributed by atoms with E-state index in [1.807, 2.05) is 0 Å². The molecule has 0 aromatic heterocycles. The van der Waals surface area contributed by atoms with E-state index < -0.39 is 0 Å². The molecule has 4 fully saturated rings. The van der Waals surface area contributed by atoms with Crippen molar-refractivity contribution >= 4 is 6.09 Å². The van der Waals surface area contributed by atoms with Crippen molar-refractivity contribution < 1.29 is 9.53 Å². The highest BCUT2D eigenvalue weighted by molar-refractivity contribution is 5.68. The Kier molecular flexibility index (Phi) is 13.5. The van der Waals surface area contributed by atoms with Crippen molar-refractivity contribution in [3.8, 4) is 0 Å². The number of hydrogen-bond acceptors (Lipinski definition) is 5. The molecule has 0 atom stereocenters. The van der Waals surface area contributed by atoms with Gasteiger partial charge in [-0.1, -0.05) is 12.8 Å². The lowest BCUT2D eigenvalue weighted by atomic mass is 10.1. The lowest BCUT2D eigenvalue weighted by molar-refractivity contribution is 0.163. The third-order valence-corrected chi connectivity index (χ3v) is 5.45. The number of cyclic esters (lactones) is 1. The SMILES string of the molecule is CN1CCCC1.CN1CCCCC1.CN1CCCCC1.CN1CCOC1=O. The lowest BCUT2D eigenvalue weighted by Crippen LogP contribution is -2.24. The molecule has 6 nitrogen and oxygen atoms in total. The third kappa shape index (κ3) is 13.0. The van der Waals surface area contributed by atoms with Crippen molar-refractivity contribution in [3.63, 3.8) is 0 Å². The smallest absolute Gasteiger partial charge is 0.409 e. The zero-order valence-corrected chi connectivity index (χ0v) is 18.4. The molecule has 6 heteroatoms. The molecule has 4 aliphatic heterocycles. The molecule has 27 heavy (non-hydrogen) atoms. The minimum absolute atomic E-state index is 0.208. The normalized spacial score (nSPS) is 24.0. The van der Waals surface area contributed by atoms with E-state index in [4.69, 9.17) is 0 Å². The van der Waals surface area contributed by atoms with E-state index in [-0.39, 0.29) is 6.09 Å². The lowest BCUT2D eigenvalue weighted by Gasteiger charge is -2.20. The summed E-state index contributed by atoms with van der Waals surface area (Å²) < 4.78 is 4.55. The van der Waals surface area contributed by atoms with E-state index in [0.29, 0.717) is 6.61 Å². The van der Waals surface area contributed by atoms with E-state index in [2.05, 4.69) is 40.6 Å². The van der Waals surface area contributed by atoms with Crippen molar-refractivity contribution in [2.45, 2.75) is 51.4 Å². The molecule has 0 aromatic carbocycles. The van der Waals surface area contributed by atoms with Gasteiger partial charge in [-0.25, -0.2) is 4.79 Å². The molecular weight excluding hydrogens is 340 g/mol. The summed E-state index contributed by atoms with van der Waals surface area (Å²) >= 11 is 0. The Morgan fingerprint density at radius 3 is 1.00 bits per heavy atom. The minimum Gasteiger partial charge on any atom is -0.448 e. The largest absolute Gasteiger partial charge is 0.448 e. The summed E-state index contributed by atoms with van der Waals surface area (Å²) in [4.78, 5) is 19.0. The predicted octanol–water partition coefficient (Wildman–Crippen LogP) is 2.98. The highest BCUT2D eigenvalue weighted by atomic mass is 16.6. The zero-order chi connectivity index (χ0) is 19.9. The monoisotopic (exact) mass is 384 g/mol. The summed E-state index contributed by atoms with van der Waals surface area (Å²) in [6.07, 6.45) is 11.2. The molecule has 0 aromatic rings. The number of likely N-dealkylation sites (tertiary alicyclic amines) is 3. The molecule has 4 saturated heterocycles. The van der Waals surface area contributed by atoms with Crippen molar-refractivity contribution in [3.05, 3.63) is 0 Å². The average molecular weight is 385 g/mol. The maximum atomic E-state index is 10.3. The summed E-state index contributed by atoms with van der Waals surface area (Å²) in [6.45, 7) is 9.20. The van der Waals surface area contributed by atoms with Gasteiger partial charge >= 0.3 is 6.09 Å². The number of ether oxygens (including phenoxy) is 1. The number of hydrogen-bond donors (Lipinski definition) is 0. The molecule has 0 aliphatic carbocycles. The Labute approximate surface area is 167 Å². The first-order valence-electron chi connectivity index (χ1n) is 10.9. The Bertz CT molecular complexity index is 347. The molecule has 0 spiro atoms. The van der Waals surface area contributed by atoms with Crippen molar-refractivity contribution in [1.82, 2.24) is 19.6 Å². The standard InChI is InChI=1S/2C6H13N.C5H11N.C4H7NO2/c2*1-7-5-3-2-4-6-7;1-6-4-2-3-5-6;1-5-2-3-7-4(5)6/h2*2-6H2,1H3;2-5H2,1H3;2-3H2,1H3. The summed E-state index contributed by atoms with van der Waals surface area (Å²) in [5.41, 5.74) is 0. The van der Waals surface area contributed by atoms with Gasteiger partial charge in [0.25, 0.3) is 0 Å². The van der Waals surface area contributed by atoms with Gasteiger partial charge in [0, 0.05) is 7.05 Å². The van der Waals surface area contributed by atoms with Crippen LogP contribution in [0.3, 0.4) is 0 Å². The second-order valence-corrected chi connectivity index (χ2v) is 8.27. The summed E-state index contributed by atoms with van der Waals surface area (Å²) in [5.74, 6) is 0. The first-order valence-corrected chi connectivity index (χ1v) is 10.9. The molecule has 0 N–H and O–H groups in total. The van der Waals surface area contributed by atoms with Gasteiger partial charge in [-0.15, -0.1) is 0 Å². The van der Waals surface area contributed by atoms with Crippen LogP contribution in [0.15, 0.2) is 0 Å². The number of rotatable bonds is 0. The van der Waals surface area contributed by atoms with E-state index >= 15 is 0 Å². The van der Waals surface area contributed by atoms with Crippen molar-refractivity contribution in [2.75, 3.05) is 80.6 Å². The van der Waals surface area contributed by atoms with E-state index in [1.54, 1.807) is 11.9 Å². The summed E-state index contributed by atoms with van der Waals surface area (Å²) in [6, 6.07) is 0. The quantitative estimate of drug-likeness (QED) is 0.642. The molecule has 0 bridgehead atoms. The molecule has 4 heterocycles. The first kappa shape index (κ1) is 24.2. The number of likely N-dealkylation sites (N-methyl/N-ethyl adjacent to an activating group) is 1. The van der Waals surface area contributed by atoms with Crippen molar-refractivity contribution in [1.29, 1.82) is 0 Å². The maximum Gasteiger partial charge on any atom is 0.409 e. The van der Waals surface area contributed by atoms with E-state index in [0.717, 1.165) is 6.54 Å². The first-order chi connectivity index (χ1) is 13.0. The summed E-state index contributed by atoms with van der Waals surface area (Å²) in [5, 5.41) is 0. The number of nitrogens with zero attached hydrogens (tertiary/aromatic N) is 4. The van der Waals surface area contributed by atoms with Crippen LogP contribution in [0.1, 0.15) is 51.4 Å². The molecule has 0 unspecified atom stereocenters. The molecule has 0 saturated carbocycles. The van der Waals surface area contributed by atoms with Gasteiger partial charge in [-0.3, -0.25) is 0 Å². The van der Waals surface area contributed by atoms with Crippen LogP contribution in [0.25, 0.3) is 0 Å². The topological polar surface area (TPSA) is 39.3 Å². The highest BCUT2D eigenvalue weighted by Crippen LogP contribution is 2.05. The van der Waals surface area contributed by atoms with Gasteiger partial charge in [0.15, 0.2) is 0 Å². The number of carbonyl (C=O) groups is 1. The van der Waals surface area contributed by atoms with Gasteiger partial charge in [0.1, 0.15) is 6.61 Å². The van der Waals surface area contributed by atoms with Crippen LogP contribution in [0.4, 0.5) is 4.79 Å². The fraction of sp³-hybridized carbons (Fsp3) is 0.952. The van der Waals surface area contributed by atoms with Gasteiger partial charge in [-0.2, -0.15) is 0 Å². The van der Waals surface area contributed by atoms with Crippen LogP contribution in [0.5, 0.6) is 0 Å². The maximum absolute atomic E-state index is 10.3. The third-order valence-electron chi connectivity index (χ3n) is 5.45. The average Bonchev–Trinajstić information content (AvgIpc) is 3.29. The molecule has 4 aliphatic rings. The number of piperidine rings is 2. The van der Waals surface area contributed by atoms with Crippen LogP contribution < -0.4 is 0 Å². The van der Waals surface area contributed by atoms with E-state index in [9.17, 15) is 4.79 Å². The highest BCUT2D eigenvalue weighted by Gasteiger charge is 2.15. The van der Waals surface area contributed by atoms with Crippen LogP contribution >= 0.6 is 0 Å². The zero-order valence-electron chi connectivity index (χ0n) is 18.4. The molecule has 160 valence electrons. The number of carbonyl (C=O) groups excluding carboxylic acids is 1. The van der Waals surface area contributed by atoms with Gasteiger partial charge < -0.3 is 24.3 Å². The molecule has 0 radical (unpaired) electrons. The summed E-state index contributed by atoms with van der Waals surface area (Å²) in [7, 11) is 8.28. The van der Waals surface area contributed by atoms with Gasteiger partial charge in [0.05, 0.1) is 6.54 Å². The van der Waals surface area contributed by atoms with Crippen LogP contribution in [-0.2, 0) is 4.74 Å². The van der Waals surface area contributed by atoms with Crippen LogP contribution in [-0.4, -0.2) is 106 Å². The fourth-order valence-corrected chi connectivity index (χ4v) is 3.45. The Balaban J connectivity index is 0.000000180. The Morgan fingerprint density at radius 1 is 0.556 bits per heavy atom. The van der Waals surface area contributed by atoms with Gasteiger partial charge in [0.2, 0.25) is 0 Å².